The molecule has 4 rings (SSSR count). The van der Waals surface area contributed by atoms with E-state index < -0.39 is 0 Å². The third kappa shape index (κ3) is 2.45. The molecule has 2 aromatic carbocycles. The number of carbonyl (C=O) groups is 1. The van der Waals surface area contributed by atoms with Crippen molar-refractivity contribution in [3.63, 3.8) is 0 Å². The molecule has 3 nitrogen and oxygen atoms in total. The second-order valence-electron chi connectivity index (χ2n) is 5.63. The zero-order valence-corrected chi connectivity index (χ0v) is 14.1. The smallest absolute Gasteiger partial charge is 0.195 e. The van der Waals surface area contributed by atoms with Crippen LogP contribution >= 0.6 is 11.3 Å². The van der Waals surface area contributed by atoms with Crippen molar-refractivity contribution < 1.29 is 4.79 Å². The zero-order chi connectivity index (χ0) is 16.5. The summed E-state index contributed by atoms with van der Waals surface area (Å²) in [6.07, 6.45) is 3.89. The molecule has 0 saturated heterocycles. The molecular formula is C20H16N2OS. The molecule has 0 bridgehead atoms. The van der Waals surface area contributed by atoms with Gasteiger partial charge in [-0.15, -0.1) is 0 Å². The summed E-state index contributed by atoms with van der Waals surface area (Å²) < 4.78 is 1.89. The van der Waals surface area contributed by atoms with Gasteiger partial charge in [0.1, 0.15) is 11.4 Å². The van der Waals surface area contributed by atoms with Crippen LogP contribution in [0.2, 0.25) is 0 Å². The first-order valence-corrected chi connectivity index (χ1v) is 8.73. The largest absolute Gasteiger partial charge is 0.296 e. The normalized spacial score (nSPS) is 11.0. The predicted octanol–water partition coefficient (Wildman–Crippen LogP) is 5.10. The van der Waals surface area contributed by atoms with Crippen LogP contribution in [0.5, 0.6) is 0 Å². The third-order valence-electron chi connectivity index (χ3n) is 4.17. The molecule has 4 aromatic rings. The van der Waals surface area contributed by atoms with Crippen LogP contribution in [0.1, 0.15) is 23.0 Å². The van der Waals surface area contributed by atoms with Crippen molar-refractivity contribution in [3.05, 3.63) is 72.1 Å². The van der Waals surface area contributed by atoms with E-state index in [0.29, 0.717) is 5.69 Å². The Kier molecular flexibility index (Phi) is 3.75. The van der Waals surface area contributed by atoms with Gasteiger partial charge in [-0.3, -0.25) is 9.20 Å². The van der Waals surface area contributed by atoms with Crippen LogP contribution < -0.4 is 0 Å². The van der Waals surface area contributed by atoms with Crippen molar-refractivity contribution in [3.8, 4) is 21.7 Å². The molecule has 0 aliphatic carbocycles. The summed E-state index contributed by atoms with van der Waals surface area (Å²) in [4.78, 5) is 18.3. The van der Waals surface area contributed by atoms with Gasteiger partial charge >= 0.3 is 0 Å². The van der Waals surface area contributed by atoms with Gasteiger partial charge in [0.15, 0.2) is 11.2 Å². The molecule has 0 fully saturated rings. The number of aldehydes is 1. The highest BCUT2D eigenvalue weighted by Gasteiger charge is 2.16. The van der Waals surface area contributed by atoms with Crippen LogP contribution in [0.3, 0.4) is 0 Å². The Bertz CT molecular complexity index is 997. The number of carbonyl (C=O) groups excluding carboxylic acids is 1. The number of aromatic nitrogens is 2. The topological polar surface area (TPSA) is 34.4 Å². The van der Waals surface area contributed by atoms with E-state index in [1.165, 1.54) is 5.56 Å². The number of aryl methyl sites for hydroxylation is 1. The first-order chi connectivity index (χ1) is 11.8. The Hall–Kier alpha value is -2.72. The predicted molar refractivity (Wildman–Crippen MR) is 98.7 cm³/mol. The van der Waals surface area contributed by atoms with Gasteiger partial charge in [0.05, 0.1) is 4.88 Å². The van der Waals surface area contributed by atoms with Crippen LogP contribution in [0.4, 0.5) is 0 Å². The average molecular weight is 332 g/mol. The molecular weight excluding hydrogens is 316 g/mol. The van der Waals surface area contributed by atoms with Crippen molar-refractivity contribution in [2.75, 3.05) is 0 Å². The van der Waals surface area contributed by atoms with Gasteiger partial charge in [0.2, 0.25) is 0 Å². The average Bonchev–Trinajstić information content (AvgIpc) is 3.20. The van der Waals surface area contributed by atoms with Crippen LogP contribution in [0.15, 0.2) is 60.8 Å². The Balaban J connectivity index is 1.83. The van der Waals surface area contributed by atoms with Gasteiger partial charge in [-0.2, -0.15) is 0 Å². The monoisotopic (exact) mass is 332 g/mol. The van der Waals surface area contributed by atoms with Crippen molar-refractivity contribution in [2.45, 2.75) is 13.3 Å². The van der Waals surface area contributed by atoms with E-state index in [2.05, 4.69) is 31.2 Å². The summed E-state index contributed by atoms with van der Waals surface area (Å²) in [7, 11) is 0. The van der Waals surface area contributed by atoms with E-state index in [-0.39, 0.29) is 0 Å². The maximum atomic E-state index is 11.7. The number of thiazole rings is 1. The van der Waals surface area contributed by atoms with E-state index in [4.69, 9.17) is 4.98 Å². The minimum Gasteiger partial charge on any atom is -0.296 e. The van der Waals surface area contributed by atoms with Gasteiger partial charge in [0, 0.05) is 11.8 Å². The minimum atomic E-state index is 0.604. The first-order valence-electron chi connectivity index (χ1n) is 7.92. The lowest BCUT2D eigenvalue weighted by molar-refractivity contribution is 0.111. The van der Waals surface area contributed by atoms with Crippen LogP contribution in [-0.4, -0.2) is 15.7 Å². The SMILES string of the molecule is CCc1ccc(-c2nc3sc(-c4ccccc4)cn3c2C=O)cc1. The van der Waals surface area contributed by atoms with Crippen molar-refractivity contribution in [1.82, 2.24) is 9.38 Å². The summed E-state index contributed by atoms with van der Waals surface area (Å²) >= 11 is 1.60. The molecule has 24 heavy (non-hydrogen) atoms. The molecule has 0 N–H and O–H groups in total. The van der Waals surface area contributed by atoms with E-state index in [1.807, 2.05) is 40.9 Å². The molecule has 0 spiro atoms. The lowest BCUT2D eigenvalue weighted by Gasteiger charge is -2.01. The van der Waals surface area contributed by atoms with Crippen molar-refractivity contribution >= 4 is 22.6 Å². The van der Waals surface area contributed by atoms with E-state index in [9.17, 15) is 4.79 Å². The van der Waals surface area contributed by atoms with E-state index in [1.54, 1.807) is 11.3 Å². The lowest BCUT2D eigenvalue weighted by atomic mass is 10.1. The van der Waals surface area contributed by atoms with E-state index in [0.717, 1.165) is 39.4 Å². The Morgan fingerprint density at radius 3 is 2.46 bits per heavy atom. The quantitative estimate of drug-likeness (QED) is 0.487. The molecule has 0 radical (unpaired) electrons. The molecule has 0 aliphatic rings. The molecule has 4 heteroatoms. The third-order valence-corrected chi connectivity index (χ3v) is 5.20. The number of fused-ring (bicyclic) bond motifs is 1. The van der Waals surface area contributed by atoms with E-state index >= 15 is 0 Å². The highest BCUT2D eigenvalue weighted by Crippen LogP contribution is 2.32. The fourth-order valence-electron chi connectivity index (χ4n) is 2.82. The number of imidazole rings is 1. The standard InChI is InChI=1S/C20H16N2OS/c1-2-14-8-10-16(11-9-14)19-17(13-23)22-12-18(24-20(22)21-19)15-6-4-3-5-7-15/h3-13H,2H2,1H3. The summed E-state index contributed by atoms with van der Waals surface area (Å²) in [5, 5.41) is 0. The van der Waals surface area contributed by atoms with Crippen molar-refractivity contribution in [1.29, 1.82) is 0 Å². The maximum absolute atomic E-state index is 11.7. The number of benzene rings is 2. The summed E-state index contributed by atoms with van der Waals surface area (Å²) in [6.45, 7) is 2.13. The molecule has 0 unspecified atom stereocenters. The number of rotatable bonds is 4. The van der Waals surface area contributed by atoms with Gasteiger partial charge < -0.3 is 0 Å². The molecule has 0 saturated carbocycles. The number of hydrogen-bond acceptors (Lipinski definition) is 3. The van der Waals surface area contributed by atoms with Gasteiger partial charge in [-0.05, 0) is 17.5 Å². The highest BCUT2D eigenvalue weighted by atomic mass is 32.1. The van der Waals surface area contributed by atoms with Crippen molar-refractivity contribution in [2.24, 2.45) is 0 Å². The molecule has 0 aliphatic heterocycles. The van der Waals surface area contributed by atoms with Gasteiger partial charge in [-0.25, -0.2) is 4.98 Å². The first kappa shape index (κ1) is 14.8. The molecule has 118 valence electrons. The van der Waals surface area contributed by atoms with Crippen LogP contribution in [0, 0.1) is 0 Å². The Labute approximate surface area is 144 Å². The fraction of sp³-hybridized carbons (Fsp3) is 0.100. The number of hydrogen-bond donors (Lipinski definition) is 0. The summed E-state index contributed by atoms with van der Waals surface area (Å²) in [5.74, 6) is 0. The van der Waals surface area contributed by atoms with Gasteiger partial charge in [-0.1, -0.05) is 72.9 Å². The Morgan fingerprint density at radius 2 is 1.79 bits per heavy atom. The summed E-state index contributed by atoms with van der Waals surface area (Å²) in [6, 6.07) is 18.4. The lowest BCUT2D eigenvalue weighted by Crippen LogP contribution is -1.90. The maximum Gasteiger partial charge on any atom is 0.195 e. The Morgan fingerprint density at radius 1 is 1.04 bits per heavy atom. The van der Waals surface area contributed by atoms with Gasteiger partial charge in [0.25, 0.3) is 0 Å². The second-order valence-corrected chi connectivity index (χ2v) is 6.64. The molecule has 2 aromatic heterocycles. The van der Waals surface area contributed by atoms with Crippen LogP contribution in [-0.2, 0) is 6.42 Å². The minimum absolute atomic E-state index is 0.604. The zero-order valence-electron chi connectivity index (χ0n) is 13.3. The van der Waals surface area contributed by atoms with Crippen LogP contribution in [0.25, 0.3) is 26.7 Å². The number of nitrogens with zero attached hydrogens (tertiary/aromatic N) is 2. The molecule has 0 atom stereocenters. The highest BCUT2D eigenvalue weighted by molar-refractivity contribution is 7.20. The molecule has 2 heterocycles. The molecule has 0 amide bonds. The summed E-state index contributed by atoms with van der Waals surface area (Å²) in [5.41, 5.74) is 4.75. The second kappa shape index (κ2) is 6.06. The fourth-order valence-corrected chi connectivity index (χ4v) is 3.82.